The van der Waals surface area contributed by atoms with E-state index in [1.807, 2.05) is 33.0 Å². The molecule has 1 heterocycles. The summed E-state index contributed by atoms with van der Waals surface area (Å²) in [6.45, 7) is 3.92. The first kappa shape index (κ1) is 19.2. The van der Waals surface area contributed by atoms with E-state index in [1.165, 1.54) is 12.8 Å². The number of pyridine rings is 1. The minimum absolute atomic E-state index is 0.0629. The Morgan fingerprint density at radius 3 is 2.43 bits per heavy atom. The van der Waals surface area contributed by atoms with Gasteiger partial charge in [-0.05, 0) is 80.8 Å². The standard InChI is InChI=1S/C22H32N4O2/c1-21(2,16-4-5-18(24-3)25-12-16)20(28)26-19-14-6-13-7-15(19)10-22(8-13,9-14)11-17(23)27/h4-5,12-15,19H,6-11H2,1-3H3,(H2,23,27)(H,24,25)(H,26,28)/t13?,14-,15?,19?,22?/m0/s1. The van der Waals surface area contributed by atoms with Gasteiger partial charge in [-0.3, -0.25) is 9.59 Å². The Kier molecular flexibility index (Phi) is 4.63. The highest BCUT2D eigenvalue weighted by molar-refractivity contribution is 5.87. The molecule has 4 unspecified atom stereocenters. The van der Waals surface area contributed by atoms with E-state index in [0.29, 0.717) is 24.2 Å². The van der Waals surface area contributed by atoms with E-state index < -0.39 is 5.41 Å². The molecule has 152 valence electrons. The Hall–Kier alpha value is -2.11. The molecular formula is C22H32N4O2. The van der Waals surface area contributed by atoms with E-state index in [1.54, 1.807) is 6.20 Å². The second-order valence-electron chi connectivity index (χ2n) is 9.92. The molecule has 6 heteroatoms. The summed E-state index contributed by atoms with van der Waals surface area (Å²) in [6.07, 6.45) is 7.80. The molecule has 0 spiro atoms. The number of hydrogen-bond acceptors (Lipinski definition) is 4. The summed E-state index contributed by atoms with van der Waals surface area (Å²) in [7, 11) is 1.83. The van der Waals surface area contributed by atoms with Crippen molar-refractivity contribution in [2.75, 3.05) is 12.4 Å². The van der Waals surface area contributed by atoms with Crippen LogP contribution in [0, 0.1) is 23.2 Å². The van der Waals surface area contributed by atoms with Crippen molar-refractivity contribution < 1.29 is 9.59 Å². The summed E-state index contributed by atoms with van der Waals surface area (Å²) in [5.41, 5.74) is 5.92. The molecule has 4 saturated carbocycles. The van der Waals surface area contributed by atoms with Crippen LogP contribution in [0.5, 0.6) is 0 Å². The predicted molar refractivity (Wildman–Crippen MR) is 109 cm³/mol. The Morgan fingerprint density at radius 1 is 1.21 bits per heavy atom. The maximum atomic E-state index is 13.2. The van der Waals surface area contributed by atoms with Gasteiger partial charge in [0, 0.05) is 25.7 Å². The molecule has 2 amide bonds. The lowest BCUT2D eigenvalue weighted by atomic mass is 9.47. The summed E-state index contributed by atoms with van der Waals surface area (Å²) < 4.78 is 0. The molecule has 1 aromatic heterocycles. The third-order valence-corrected chi connectivity index (χ3v) is 7.56. The maximum Gasteiger partial charge on any atom is 0.230 e. The second kappa shape index (κ2) is 6.75. The molecule has 4 aliphatic rings. The van der Waals surface area contributed by atoms with Crippen molar-refractivity contribution in [2.45, 2.75) is 63.8 Å². The predicted octanol–water partition coefficient (Wildman–Crippen LogP) is 2.59. The van der Waals surface area contributed by atoms with Gasteiger partial charge < -0.3 is 16.4 Å². The quantitative estimate of drug-likeness (QED) is 0.702. The van der Waals surface area contributed by atoms with E-state index in [2.05, 4.69) is 15.6 Å². The Balaban J connectivity index is 1.48. The molecular weight excluding hydrogens is 352 g/mol. The number of nitrogens with one attached hydrogen (secondary N) is 2. The van der Waals surface area contributed by atoms with Crippen molar-refractivity contribution >= 4 is 17.6 Å². The largest absolute Gasteiger partial charge is 0.373 e. The van der Waals surface area contributed by atoms with Gasteiger partial charge in [0.15, 0.2) is 0 Å². The Labute approximate surface area is 167 Å². The highest BCUT2D eigenvalue weighted by atomic mass is 16.2. The highest BCUT2D eigenvalue weighted by Gasteiger charge is 2.56. The minimum atomic E-state index is -0.640. The SMILES string of the molecule is CNc1ccc(C(C)(C)C(=O)NC2C3CC4C[C@H]2CC(CC(N)=O)(C4)C3)cn1. The van der Waals surface area contributed by atoms with Crippen LogP contribution in [-0.2, 0) is 15.0 Å². The molecule has 5 rings (SSSR count). The number of carbonyl (C=O) groups is 2. The van der Waals surface area contributed by atoms with Crippen LogP contribution in [0.4, 0.5) is 5.82 Å². The number of aromatic nitrogens is 1. The Bertz CT molecular complexity index is 757. The number of nitrogens with zero attached hydrogens (tertiary/aromatic N) is 1. The molecule has 0 saturated heterocycles. The second-order valence-corrected chi connectivity index (χ2v) is 9.92. The number of carbonyl (C=O) groups excluding carboxylic acids is 2. The first-order valence-electron chi connectivity index (χ1n) is 10.5. The van der Waals surface area contributed by atoms with Gasteiger partial charge in [0.25, 0.3) is 0 Å². The van der Waals surface area contributed by atoms with Gasteiger partial charge in [0.2, 0.25) is 11.8 Å². The zero-order valence-corrected chi connectivity index (χ0v) is 17.1. The van der Waals surface area contributed by atoms with Crippen LogP contribution in [0.15, 0.2) is 18.3 Å². The number of nitrogens with two attached hydrogens (primary N) is 1. The molecule has 6 nitrogen and oxygen atoms in total. The number of primary amides is 1. The van der Waals surface area contributed by atoms with E-state index in [0.717, 1.165) is 30.6 Å². The van der Waals surface area contributed by atoms with Crippen LogP contribution in [0.2, 0.25) is 0 Å². The molecule has 0 radical (unpaired) electrons. The van der Waals surface area contributed by atoms with Crippen LogP contribution in [0.25, 0.3) is 0 Å². The van der Waals surface area contributed by atoms with Crippen molar-refractivity contribution in [1.82, 2.24) is 10.3 Å². The number of amides is 2. The summed E-state index contributed by atoms with van der Waals surface area (Å²) in [6, 6.07) is 4.09. The average molecular weight is 385 g/mol. The van der Waals surface area contributed by atoms with Gasteiger partial charge in [0.05, 0.1) is 5.41 Å². The summed E-state index contributed by atoms with van der Waals surface area (Å²) in [5, 5.41) is 6.41. The van der Waals surface area contributed by atoms with E-state index in [4.69, 9.17) is 5.73 Å². The molecule has 0 aromatic carbocycles. The first-order chi connectivity index (χ1) is 13.2. The fourth-order valence-corrected chi connectivity index (χ4v) is 6.39. The Morgan fingerprint density at radius 2 is 1.89 bits per heavy atom. The van der Waals surface area contributed by atoms with Gasteiger partial charge in [-0.25, -0.2) is 4.98 Å². The van der Waals surface area contributed by atoms with Crippen LogP contribution < -0.4 is 16.4 Å². The zero-order valence-electron chi connectivity index (χ0n) is 17.1. The van der Waals surface area contributed by atoms with Gasteiger partial charge in [-0.1, -0.05) is 6.07 Å². The molecule has 4 fully saturated rings. The molecule has 4 bridgehead atoms. The van der Waals surface area contributed by atoms with Gasteiger partial charge in [0.1, 0.15) is 5.82 Å². The van der Waals surface area contributed by atoms with Crippen LogP contribution >= 0.6 is 0 Å². The lowest BCUT2D eigenvalue weighted by Gasteiger charge is -2.60. The fraction of sp³-hybridized carbons (Fsp3) is 0.682. The molecule has 5 atom stereocenters. The van der Waals surface area contributed by atoms with Crippen molar-refractivity contribution in [2.24, 2.45) is 28.9 Å². The van der Waals surface area contributed by atoms with Gasteiger partial charge in [-0.2, -0.15) is 0 Å². The number of anilines is 1. The van der Waals surface area contributed by atoms with E-state index in [9.17, 15) is 9.59 Å². The summed E-state index contributed by atoms with van der Waals surface area (Å²) >= 11 is 0. The smallest absolute Gasteiger partial charge is 0.230 e. The minimum Gasteiger partial charge on any atom is -0.373 e. The van der Waals surface area contributed by atoms with Crippen LogP contribution in [-0.4, -0.2) is 29.9 Å². The van der Waals surface area contributed by atoms with Gasteiger partial charge >= 0.3 is 0 Å². The molecule has 4 aliphatic carbocycles. The number of hydrogen-bond donors (Lipinski definition) is 3. The van der Waals surface area contributed by atoms with Crippen molar-refractivity contribution in [1.29, 1.82) is 0 Å². The zero-order chi connectivity index (χ0) is 20.1. The topological polar surface area (TPSA) is 97.1 Å². The third kappa shape index (κ3) is 3.27. The normalized spacial score (nSPS) is 33.5. The van der Waals surface area contributed by atoms with E-state index >= 15 is 0 Å². The maximum absolute atomic E-state index is 13.2. The summed E-state index contributed by atoms with van der Waals surface area (Å²) in [5.74, 6) is 2.30. The summed E-state index contributed by atoms with van der Waals surface area (Å²) in [4.78, 5) is 29.2. The third-order valence-electron chi connectivity index (χ3n) is 7.56. The van der Waals surface area contributed by atoms with Crippen LogP contribution in [0.1, 0.15) is 57.9 Å². The molecule has 4 N–H and O–H groups in total. The fourth-order valence-electron chi connectivity index (χ4n) is 6.39. The first-order valence-corrected chi connectivity index (χ1v) is 10.5. The van der Waals surface area contributed by atoms with Crippen molar-refractivity contribution in [3.05, 3.63) is 23.9 Å². The molecule has 28 heavy (non-hydrogen) atoms. The van der Waals surface area contributed by atoms with Gasteiger partial charge in [-0.15, -0.1) is 0 Å². The molecule has 0 aliphatic heterocycles. The lowest BCUT2D eigenvalue weighted by Crippen LogP contribution is -2.61. The van der Waals surface area contributed by atoms with Crippen molar-refractivity contribution in [3.8, 4) is 0 Å². The van der Waals surface area contributed by atoms with E-state index in [-0.39, 0.29) is 23.3 Å². The number of rotatable bonds is 6. The lowest BCUT2D eigenvalue weighted by molar-refractivity contribution is -0.137. The monoisotopic (exact) mass is 384 g/mol. The van der Waals surface area contributed by atoms with Crippen molar-refractivity contribution in [3.63, 3.8) is 0 Å². The highest BCUT2D eigenvalue weighted by Crippen LogP contribution is 2.61. The molecule has 1 aromatic rings. The average Bonchev–Trinajstić information content (AvgIpc) is 2.63. The van der Waals surface area contributed by atoms with Crippen LogP contribution in [0.3, 0.4) is 0 Å².